The largest absolute Gasteiger partial charge is 0.466 e. The smallest absolute Gasteiger partial charge is 0.343 e. The van der Waals surface area contributed by atoms with Gasteiger partial charge in [0, 0.05) is 5.92 Å². The third-order valence-corrected chi connectivity index (χ3v) is 3.13. The van der Waals surface area contributed by atoms with Crippen LogP contribution < -0.4 is 9.47 Å². The number of carbonyl (C=O) groups excluding carboxylic acids is 2. The average Bonchev–Trinajstić information content (AvgIpc) is 3.36. The van der Waals surface area contributed by atoms with Crippen LogP contribution in [0.1, 0.15) is 30.1 Å². The number of nitrogens with zero attached hydrogens (tertiary/aromatic N) is 2. The fraction of sp³-hybridized carbons (Fsp3) is 0.571. The minimum absolute atomic E-state index is 0.252. The summed E-state index contributed by atoms with van der Waals surface area (Å²) in [6.07, 6.45) is 1.99. The summed E-state index contributed by atoms with van der Waals surface area (Å²) in [5.74, 6) is 0.335. The maximum Gasteiger partial charge on any atom is 0.343 e. The van der Waals surface area contributed by atoms with Crippen LogP contribution in [0.4, 0.5) is 0 Å². The van der Waals surface area contributed by atoms with Gasteiger partial charge in [-0.05, 0) is 19.8 Å². The van der Waals surface area contributed by atoms with E-state index in [1.807, 2.05) is 0 Å². The molecule has 1 fully saturated rings. The number of hydrogen-bond acceptors (Lipinski definition) is 8. The van der Waals surface area contributed by atoms with E-state index in [0.29, 0.717) is 11.4 Å². The number of ether oxygens (including phenoxy) is 4. The molecule has 1 heterocycles. The van der Waals surface area contributed by atoms with Crippen molar-refractivity contribution in [3.05, 3.63) is 11.4 Å². The minimum Gasteiger partial charge on any atom is -0.466 e. The number of methoxy groups -OCH3 is 2. The van der Waals surface area contributed by atoms with Gasteiger partial charge >= 0.3 is 11.9 Å². The lowest BCUT2D eigenvalue weighted by molar-refractivity contribution is -0.143. The summed E-state index contributed by atoms with van der Waals surface area (Å²) in [6, 6.07) is 0. The molecule has 8 nitrogen and oxygen atoms in total. The quantitative estimate of drug-likeness (QED) is 0.681. The lowest BCUT2D eigenvalue weighted by Gasteiger charge is -2.13. The molecule has 0 atom stereocenters. The van der Waals surface area contributed by atoms with Crippen LogP contribution in [-0.2, 0) is 19.1 Å². The Kier molecular flexibility index (Phi) is 5.13. The van der Waals surface area contributed by atoms with Crippen LogP contribution in [-0.4, -0.2) is 49.3 Å². The van der Waals surface area contributed by atoms with Gasteiger partial charge in [0.15, 0.2) is 13.2 Å². The van der Waals surface area contributed by atoms with E-state index in [1.54, 1.807) is 6.92 Å². The topological polar surface area (TPSA) is 96.8 Å². The summed E-state index contributed by atoms with van der Waals surface area (Å²) < 4.78 is 19.8. The number of rotatable bonds is 7. The van der Waals surface area contributed by atoms with Crippen molar-refractivity contribution >= 4 is 11.9 Å². The second-order valence-electron chi connectivity index (χ2n) is 4.82. The molecule has 0 aromatic carbocycles. The van der Waals surface area contributed by atoms with Crippen molar-refractivity contribution in [2.75, 3.05) is 27.4 Å². The SMILES string of the molecule is COC(=O)COc1nc(C2CC2)nc(OCC(=O)OC)c1C. The molecule has 1 aromatic rings. The Morgan fingerprint density at radius 1 is 1.00 bits per heavy atom. The van der Waals surface area contributed by atoms with Crippen LogP contribution in [0.3, 0.4) is 0 Å². The molecule has 0 saturated heterocycles. The summed E-state index contributed by atoms with van der Waals surface area (Å²) in [4.78, 5) is 31.0. The van der Waals surface area contributed by atoms with Crippen LogP contribution >= 0.6 is 0 Å². The van der Waals surface area contributed by atoms with Crippen LogP contribution in [0.5, 0.6) is 11.8 Å². The summed E-state index contributed by atoms with van der Waals surface area (Å²) in [5, 5.41) is 0. The second-order valence-corrected chi connectivity index (χ2v) is 4.82. The Hall–Kier alpha value is -2.38. The second kappa shape index (κ2) is 7.06. The maximum atomic E-state index is 11.2. The highest BCUT2D eigenvalue weighted by molar-refractivity contribution is 5.71. The molecule has 2 rings (SSSR count). The molecule has 1 aromatic heterocycles. The van der Waals surface area contributed by atoms with Gasteiger partial charge in [0.25, 0.3) is 0 Å². The molecular formula is C14H18N2O6. The van der Waals surface area contributed by atoms with Gasteiger partial charge in [-0.15, -0.1) is 0 Å². The Balaban J connectivity index is 2.17. The highest BCUT2D eigenvalue weighted by Crippen LogP contribution is 2.40. The summed E-state index contributed by atoms with van der Waals surface area (Å²) in [6.45, 7) is 1.18. The molecule has 1 aliphatic rings. The summed E-state index contributed by atoms with van der Waals surface area (Å²) in [5.41, 5.74) is 0.511. The number of esters is 2. The van der Waals surface area contributed by atoms with Crippen LogP contribution in [0, 0.1) is 6.92 Å². The summed E-state index contributed by atoms with van der Waals surface area (Å²) >= 11 is 0. The zero-order valence-corrected chi connectivity index (χ0v) is 12.7. The van der Waals surface area contributed by atoms with Crippen molar-refractivity contribution in [3.8, 4) is 11.8 Å². The van der Waals surface area contributed by atoms with E-state index in [0.717, 1.165) is 12.8 Å². The van der Waals surface area contributed by atoms with E-state index in [1.165, 1.54) is 14.2 Å². The molecule has 0 amide bonds. The van der Waals surface area contributed by atoms with Crippen molar-refractivity contribution in [1.29, 1.82) is 0 Å². The van der Waals surface area contributed by atoms with Gasteiger partial charge in [-0.3, -0.25) is 0 Å². The molecule has 0 radical (unpaired) electrons. The Morgan fingerprint density at radius 2 is 1.45 bits per heavy atom. The van der Waals surface area contributed by atoms with E-state index in [4.69, 9.17) is 9.47 Å². The van der Waals surface area contributed by atoms with E-state index < -0.39 is 11.9 Å². The molecule has 8 heteroatoms. The van der Waals surface area contributed by atoms with Crippen molar-refractivity contribution < 1.29 is 28.5 Å². The first-order valence-electron chi connectivity index (χ1n) is 6.83. The number of aromatic nitrogens is 2. The first kappa shape index (κ1) is 16.0. The predicted octanol–water partition coefficient (Wildman–Crippen LogP) is 0.766. The zero-order valence-electron chi connectivity index (χ0n) is 12.7. The fourth-order valence-electron chi connectivity index (χ4n) is 1.67. The standard InChI is InChI=1S/C14H18N2O6/c1-8-13(21-6-10(17)19-2)15-12(9-4-5-9)16-14(8)22-7-11(18)20-3/h9H,4-7H2,1-3H3. The highest BCUT2D eigenvalue weighted by atomic mass is 16.6. The molecule has 1 aliphatic carbocycles. The van der Waals surface area contributed by atoms with Crippen LogP contribution in [0.25, 0.3) is 0 Å². The first-order valence-corrected chi connectivity index (χ1v) is 6.83. The van der Waals surface area contributed by atoms with Gasteiger partial charge in [0.2, 0.25) is 11.8 Å². The maximum absolute atomic E-state index is 11.2. The monoisotopic (exact) mass is 310 g/mol. The molecule has 0 aliphatic heterocycles. The van der Waals surface area contributed by atoms with Crippen molar-refractivity contribution in [2.45, 2.75) is 25.7 Å². The van der Waals surface area contributed by atoms with Gasteiger partial charge in [-0.1, -0.05) is 0 Å². The predicted molar refractivity (Wildman–Crippen MR) is 73.8 cm³/mol. The normalized spacial score (nSPS) is 13.4. The van der Waals surface area contributed by atoms with Gasteiger partial charge in [0.05, 0.1) is 19.8 Å². The molecule has 0 spiro atoms. The zero-order chi connectivity index (χ0) is 16.1. The van der Waals surface area contributed by atoms with Gasteiger partial charge in [-0.2, -0.15) is 9.97 Å². The Labute approximate surface area is 127 Å². The van der Waals surface area contributed by atoms with E-state index in [-0.39, 0.29) is 30.9 Å². The lowest BCUT2D eigenvalue weighted by atomic mass is 10.3. The molecule has 120 valence electrons. The highest BCUT2D eigenvalue weighted by Gasteiger charge is 2.29. The third kappa shape index (κ3) is 4.06. The van der Waals surface area contributed by atoms with Crippen LogP contribution in [0.2, 0.25) is 0 Å². The van der Waals surface area contributed by atoms with E-state index >= 15 is 0 Å². The van der Waals surface area contributed by atoms with Gasteiger partial charge in [0.1, 0.15) is 5.82 Å². The number of hydrogen-bond donors (Lipinski definition) is 0. The Bertz CT molecular complexity index is 529. The van der Waals surface area contributed by atoms with Gasteiger partial charge < -0.3 is 18.9 Å². The first-order chi connectivity index (χ1) is 10.5. The fourth-order valence-corrected chi connectivity index (χ4v) is 1.67. The molecule has 0 bridgehead atoms. The third-order valence-electron chi connectivity index (χ3n) is 3.13. The average molecular weight is 310 g/mol. The molecule has 0 unspecified atom stereocenters. The molecule has 1 saturated carbocycles. The van der Waals surface area contributed by atoms with E-state index in [9.17, 15) is 9.59 Å². The van der Waals surface area contributed by atoms with Crippen molar-refractivity contribution in [3.63, 3.8) is 0 Å². The summed E-state index contributed by atoms with van der Waals surface area (Å²) in [7, 11) is 2.55. The van der Waals surface area contributed by atoms with E-state index in [2.05, 4.69) is 19.4 Å². The number of carbonyl (C=O) groups is 2. The lowest BCUT2D eigenvalue weighted by Crippen LogP contribution is -2.17. The van der Waals surface area contributed by atoms with Crippen molar-refractivity contribution in [1.82, 2.24) is 9.97 Å². The Morgan fingerprint density at radius 3 is 1.82 bits per heavy atom. The molecule has 0 N–H and O–H groups in total. The van der Waals surface area contributed by atoms with Crippen LogP contribution in [0.15, 0.2) is 0 Å². The molecule has 22 heavy (non-hydrogen) atoms. The minimum atomic E-state index is -0.511. The van der Waals surface area contributed by atoms with Crippen molar-refractivity contribution in [2.24, 2.45) is 0 Å². The van der Waals surface area contributed by atoms with Gasteiger partial charge in [-0.25, -0.2) is 9.59 Å². The molecular weight excluding hydrogens is 292 g/mol.